The Hall–Kier alpha value is -3.15. The molecule has 2 rings (SSSR count). The molecule has 0 bridgehead atoms. The van der Waals surface area contributed by atoms with Crippen molar-refractivity contribution >= 4 is 23.5 Å². The number of hydrogen-bond acceptors (Lipinski definition) is 4. The SMILES string of the molecule is CCC(OC(=O)c1cccc(NC(C)=O)c1)C(=O)NCc1ccccc1. The van der Waals surface area contributed by atoms with Gasteiger partial charge in [0.1, 0.15) is 0 Å². The lowest BCUT2D eigenvalue weighted by molar-refractivity contribution is -0.130. The van der Waals surface area contributed by atoms with Crippen LogP contribution in [0.15, 0.2) is 54.6 Å². The van der Waals surface area contributed by atoms with E-state index >= 15 is 0 Å². The van der Waals surface area contributed by atoms with E-state index in [0.29, 0.717) is 18.7 Å². The molecule has 1 atom stereocenters. The minimum Gasteiger partial charge on any atom is -0.449 e. The van der Waals surface area contributed by atoms with Crippen LogP contribution < -0.4 is 10.6 Å². The van der Waals surface area contributed by atoms with Crippen LogP contribution in [0.5, 0.6) is 0 Å². The Labute approximate surface area is 152 Å². The highest BCUT2D eigenvalue weighted by Gasteiger charge is 2.22. The molecule has 1 unspecified atom stereocenters. The van der Waals surface area contributed by atoms with Gasteiger partial charge in [0, 0.05) is 19.2 Å². The van der Waals surface area contributed by atoms with E-state index in [-0.39, 0.29) is 17.4 Å². The molecule has 26 heavy (non-hydrogen) atoms. The molecule has 0 saturated carbocycles. The fourth-order valence-electron chi connectivity index (χ4n) is 2.35. The van der Waals surface area contributed by atoms with E-state index < -0.39 is 12.1 Å². The number of ether oxygens (including phenoxy) is 1. The molecule has 0 aromatic heterocycles. The van der Waals surface area contributed by atoms with Crippen molar-refractivity contribution in [3.05, 3.63) is 65.7 Å². The minimum atomic E-state index is -0.879. The zero-order valence-corrected chi connectivity index (χ0v) is 14.8. The molecule has 2 aromatic rings. The van der Waals surface area contributed by atoms with Crippen LogP contribution in [0.3, 0.4) is 0 Å². The number of carbonyl (C=O) groups is 3. The normalized spacial score (nSPS) is 11.3. The first-order valence-corrected chi connectivity index (χ1v) is 8.40. The molecular formula is C20H22N2O4. The van der Waals surface area contributed by atoms with Gasteiger partial charge >= 0.3 is 5.97 Å². The van der Waals surface area contributed by atoms with Crippen LogP contribution in [0.4, 0.5) is 5.69 Å². The largest absolute Gasteiger partial charge is 0.449 e. The van der Waals surface area contributed by atoms with Gasteiger partial charge in [0.05, 0.1) is 5.56 Å². The number of hydrogen-bond donors (Lipinski definition) is 2. The summed E-state index contributed by atoms with van der Waals surface area (Å²) in [6.07, 6.45) is -0.520. The predicted molar refractivity (Wildman–Crippen MR) is 98.5 cm³/mol. The first-order valence-electron chi connectivity index (χ1n) is 8.40. The predicted octanol–water partition coefficient (Wildman–Crippen LogP) is 2.90. The van der Waals surface area contributed by atoms with Gasteiger partial charge in [-0.05, 0) is 30.2 Å². The lowest BCUT2D eigenvalue weighted by atomic mass is 10.2. The summed E-state index contributed by atoms with van der Waals surface area (Å²) in [4.78, 5) is 35.7. The van der Waals surface area contributed by atoms with Crippen LogP contribution in [0.25, 0.3) is 0 Å². The quantitative estimate of drug-likeness (QED) is 0.749. The van der Waals surface area contributed by atoms with E-state index in [0.717, 1.165) is 5.56 Å². The maximum Gasteiger partial charge on any atom is 0.338 e. The Kier molecular flexibility index (Phi) is 6.91. The highest BCUT2D eigenvalue weighted by Crippen LogP contribution is 2.13. The second-order valence-corrected chi connectivity index (χ2v) is 5.77. The number of amides is 2. The van der Waals surface area contributed by atoms with Crippen molar-refractivity contribution in [2.45, 2.75) is 32.9 Å². The molecule has 0 aliphatic heterocycles. The van der Waals surface area contributed by atoms with Gasteiger partial charge in [-0.1, -0.05) is 43.3 Å². The highest BCUT2D eigenvalue weighted by molar-refractivity contribution is 5.95. The fraction of sp³-hybridized carbons (Fsp3) is 0.250. The zero-order valence-electron chi connectivity index (χ0n) is 14.8. The summed E-state index contributed by atoms with van der Waals surface area (Å²) in [6.45, 7) is 3.52. The molecule has 2 N–H and O–H groups in total. The Balaban J connectivity index is 1.96. The summed E-state index contributed by atoms with van der Waals surface area (Å²) in [6, 6.07) is 15.9. The van der Waals surface area contributed by atoms with Crippen molar-refractivity contribution in [1.29, 1.82) is 0 Å². The van der Waals surface area contributed by atoms with Crippen molar-refractivity contribution in [3.63, 3.8) is 0 Å². The van der Waals surface area contributed by atoms with Crippen LogP contribution in [0.2, 0.25) is 0 Å². The topological polar surface area (TPSA) is 84.5 Å². The monoisotopic (exact) mass is 354 g/mol. The van der Waals surface area contributed by atoms with E-state index in [1.807, 2.05) is 30.3 Å². The van der Waals surface area contributed by atoms with Crippen molar-refractivity contribution in [3.8, 4) is 0 Å². The lowest BCUT2D eigenvalue weighted by Crippen LogP contribution is -2.37. The number of anilines is 1. The molecule has 136 valence electrons. The van der Waals surface area contributed by atoms with Crippen LogP contribution in [-0.2, 0) is 20.9 Å². The molecule has 0 aliphatic rings. The molecule has 0 fully saturated rings. The second-order valence-electron chi connectivity index (χ2n) is 5.77. The number of benzene rings is 2. The van der Waals surface area contributed by atoms with Crippen LogP contribution in [0, 0.1) is 0 Å². The average Bonchev–Trinajstić information content (AvgIpc) is 2.64. The Morgan fingerprint density at radius 1 is 1.04 bits per heavy atom. The summed E-state index contributed by atoms with van der Waals surface area (Å²) in [5.41, 5.74) is 1.73. The van der Waals surface area contributed by atoms with Crippen molar-refractivity contribution in [2.75, 3.05) is 5.32 Å². The number of esters is 1. The Morgan fingerprint density at radius 2 is 1.77 bits per heavy atom. The summed E-state index contributed by atoms with van der Waals surface area (Å²) in [5.74, 6) is -1.19. The summed E-state index contributed by atoms with van der Waals surface area (Å²) < 4.78 is 5.33. The highest BCUT2D eigenvalue weighted by atomic mass is 16.5. The maximum absolute atomic E-state index is 12.3. The molecule has 2 aromatic carbocycles. The first-order chi connectivity index (χ1) is 12.5. The van der Waals surface area contributed by atoms with Gasteiger partial charge in [0.15, 0.2) is 6.10 Å². The van der Waals surface area contributed by atoms with Crippen LogP contribution >= 0.6 is 0 Å². The fourth-order valence-corrected chi connectivity index (χ4v) is 2.35. The molecule has 0 aliphatic carbocycles. The standard InChI is InChI=1S/C20H22N2O4/c1-3-18(19(24)21-13-15-8-5-4-6-9-15)26-20(25)16-10-7-11-17(12-16)22-14(2)23/h4-12,18H,3,13H2,1-2H3,(H,21,24)(H,22,23). The molecule has 6 heteroatoms. The summed E-state index contributed by atoms with van der Waals surface area (Å²) in [5, 5.41) is 5.37. The van der Waals surface area contributed by atoms with E-state index in [2.05, 4.69) is 10.6 Å². The van der Waals surface area contributed by atoms with Gasteiger partial charge in [-0.25, -0.2) is 4.79 Å². The smallest absolute Gasteiger partial charge is 0.338 e. The van der Waals surface area contributed by atoms with Crippen LogP contribution in [-0.4, -0.2) is 23.9 Å². The number of carbonyl (C=O) groups excluding carboxylic acids is 3. The lowest BCUT2D eigenvalue weighted by Gasteiger charge is -2.16. The molecule has 0 radical (unpaired) electrons. The number of rotatable bonds is 7. The third-order valence-electron chi connectivity index (χ3n) is 3.64. The molecule has 0 saturated heterocycles. The third-order valence-corrected chi connectivity index (χ3v) is 3.64. The van der Waals surface area contributed by atoms with Crippen molar-refractivity contribution in [1.82, 2.24) is 5.32 Å². The first kappa shape index (κ1) is 19.2. The molecule has 0 spiro atoms. The van der Waals surface area contributed by atoms with Gasteiger partial charge in [0.2, 0.25) is 5.91 Å². The maximum atomic E-state index is 12.3. The summed E-state index contributed by atoms with van der Waals surface area (Å²) in [7, 11) is 0. The Morgan fingerprint density at radius 3 is 2.42 bits per heavy atom. The average molecular weight is 354 g/mol. The second kappa shape index (κ2) is 9.36. The van der Waals surface area contributed by atoms with E-state index in [1.165, 1.54) is 13.0 Å². The summed E-state index contributed by atoms with van der Waals surface area (Å²) >= 11 is 0. The molecular weight excluding hydrogens is 332 g/mol. The van der Waals surface area contributed by atoms with Gasteiger partial charge < -0.3 is 15.4 Å². The van der Waals surface area contributed by atoms with E-state index in [4.69, 9.17) is 4.74 Å². The molecule has 2 amide bonds. The van der Waals surface area contributed by atoms with Gasteiger partial charge in [-0.15, -0.1) is 0 Å². The van der Waals surface area contributed by atoms with Crippen LogP contribution in [0.1, 0.15) is 36.2 Å². The third kappa shape index (κ3) is 5.73. The van der Waals surface area contributed by atoms with Gasteiger partial charge in [-0.3, -0.25) is 9.59 Å². The van der Waals surface area contributed by atoms with Crippen molar-refractivity contribution in [2.24, 2.45) is 0 Å². The molecule has 0 heterocycles. The molecule has 6 nitrogen and oxygen atoms in total. The number of nitrogens with one attached hydrogen (secondary N) is 2. The Bertz CT molecular complexity index is 774. The van der Waals surface area contributed by atoms with E-state index in [1.54, 1.807) is 25.1 Å². The van der Waals surface area contributed by atoms with Gasteiger partial charge in [-0.2, -0.15) is 0 Å². The van der Waals surface area contributed by atoms with Gasteiger partial charge in [0.25, 0.3) is 5.91 Å². The zero-order chi connectivity index (χ0) is 18.9. The van der Waals surface area contributed by atoms with Crippen molar-refractivity contribution < 1.29 is 19.1 Å². The minimum absolute atomic E-state index is 0.234. The van der Waals surface area contributed by atoms with E-state index in [9.17, 15) is 14.4 Å².